The van der Waals surface area contributed by atoms with Gasteiger partial charge in [-0.3, -0.25) is 4.79 Å². The van der Waals surface area contributed by atoms with E-state index in [1.807, 2.05) is 19.9 Å². The van der Waals surface area contributed by atoms with Crippen molar-refractivity contribution in [3.05, 3.63) is 52.1 Å². The lowest BCUT2D eigenvalue weighted by Gasteiger charge is -2.13. The van der Waals surface area contributed by atoms with E-state index in [4.69, 9.17) is 30.0 Å². The van der Waals surface area contributed by atoms with Crippen LogP contribution in [-0.2, 0) is 0 Å². The van der Waals surface area contributed by atoms with Crippen LogP contribution in [0.1, 0.15) is 34.0 Å². The number of amides is 1. The van der Waals surface area contributed by atoms with Gasteiger partial charge in [-0.1, -0.05) is 16.8 Å². The summed E-state index contributed by atoms with van der Waals surface area (Å²) >= 11 is 6.42. The average Bonchev–Trinajstić information content (AvgIpc) is 3.21. The Morgan fingerprint density at radius 3 is 2.53 bits per heavy atom. The quantitative estimate of drug-likeness (QED) is 0.438. The van der Waals surface area contributed by atoms with Crippen molar-refractivity contribution < 1.29 is 23.2 Å². The zero-order valence-electron chi connectivity index (χ0n) is 17.7. The molecule has 164 valence electrons. The van der Waals surface area contributed by atoms with Gasteiger partial charge < -0.3 is 23.7 Å². The van der Waals surface area contributed by atoms with Crippen molar-refractivity contribution in [3.8, 4) is 22.8 Å². The van der Waals surface area contributed by atoms with Crippen LogP contribution in [0.25, 0.3) is 22.4 Å². The van der Waals surface area contributed by atoms with Gasteiger partial charge in [0.1, 0.15) is 11.5 Å². The first-order valence-corrected chi connectivity index (χ1v) is 10.5. The molecule has 4 heterocycles. The molecule has 1 N–H and O–H groups in total. The Bertz CT molecular complexity index is 1360. The lowest BCUT2D eigenvalue weighted by atomic mass is 10.1. The molecule has 3 aromatic heterocycles. The molecule has 1 aromatic carbocycles. The molecular weight excluding hydrogens is 434 g/mol. The molecule has 1 amide bonds. The van der Waals surface area contributed by atoms with Crippen LogP contribution in [0.15, 0.2) is 33.2 Å². The van der Waals surface area contributed by atoms with Crippen LogP contribution in [0.4, 0.5) is 5.69 Å². The highest BCUT2D eigenvalue weighted by Crippen LogP contribution is 2.38. The van der Waals surface area contributed by atoms with Gasteiger partial charge in [0.05, 0.1) is 46.3 Å². The first-order valence-electron chi connectivity index (χ1n) is 10.2. The van der Waals surface area contributed by atoms with Crippen LogP contribution < -0.4 is 14.8 Å². The number of rotatable bonds is 3. The number of pyridine rings is 1. The van der Waals surface area contributed by atoms with E-state index in [1.165, 1.54) is 0 Å². The number of nitrogens with one attached hydrogen (secondary N) is 1. The standard InChI is InChI=1S/C23H20ClN3O5/c1-11-7-14(13(3)31-11)17-8-15(21-12(2)27-32-23(21)26-17)22(28)25-18-10-20-19(9-16(18)24)29-5-4-6-30-20/h7-10H,4-6H2,1-3H3,(H,25,28). The van der Waals surface area contributed by atoms with Crippen molar-refractivity contribution in [2.75, 3.05) is 18.5 Å². The molecule has 0 saturated heterocycles. The number of ether oxygens (including phenoxy) is 2. The number of benzene rings is 1. The van der Waals surface area contributed by atoms with Crippen LogP contribution >= 0.6 is 11.6 Å². The maximum absolute atomic E-state index is 13.4. The summed E-state index contributed by atoms with van der Waals surface area (Å²) in [5, 5.41) is 7.75. The Balaban J connectivity index is 1.57. The van der Waals surface area contributed by atoms with E-state index in [0.29, 0.717) is 63.5 Å². The van der Waals surface area contributed by atoms with E-state index in [0.717, 1.165) is 17.7 Å². The highest BCUT2D eigenvalue weighted by atomic mass is 35.5. The number of fused-ring (bicyclic) bond motifs is 2. The molecule has 1 aliphatic rings. The Labute approximate surface area is 188 Å². The normalized spacial score (nSPS) is 13.2. The molecule has 1 aliphatic heterocycles. The molecule has 9 heteroatoms. The molecule has 8 nitrogen and oxygen atoms in total. The Morgan fingerprint density at radius 1 is 1.06 bits per heavy atom. The highest BCUT2D eigenvalue weighted by molar-refractivity contribution is 6.34. The van der Waals surface area contributed by atoms with Gasteiger partial charge in [0, 0.05) is 24.1 Å². The zero-order valence-corrected chi connectivity index (χ0v) is 18.5. The van der Waals surface area contributed by atoms with Crippen molar-refractivity contribution in [2.45, 2.75) is 27.2 Å². The van der Waals surface area contributed by atoms with Gasteiger partial charge >= 0.3 is 0 Å². The first kappa shape index (κ1) is 20.4. The molecule has 0 spiro atoms. The van der Waals surface area contributed by atoms with Gasteiger partial charge in [0.2, 0.25) is 0 Å². The van der Waals surface area contributed by atoms with Crippen molar-refractivity contribution in [2.24, 2.45) is 0 Å². The monoisotopic (exact) mass is 453 g/mol. The van der Waals surface area contributed by atoms with Crippen LogP contribution in [-0.4, -0.2) is 29.3 Å². The third-order valence-electron chi connectivity index (χ3n) is 5.26. The van der Waals surface area contributed by atoms with Crippen LogP contribution in [0.5, 0.6) is 11.5 Å². The summed E-state index contributed by atoms with van der Waals surface area (Å²) in [7, 11) is 0. The number of hydrogen-bond acceptors (Lipinski definition) is 7. The van der Waals surface area contributed by atoms with Crippen molar-refractivity contribution in [1.29, 1.82) is 0 Å². The largest absolute Gasteiger partial charge is 0.490 e. The maximum atomic E-state index is 13.4. The lowest BCUT2D eigenvalue weighted by molar-refractivity contribution is 0.102. The number of aromatic nitrogens is 2. The number of anilines is 1. The van der Waals surface area contributed by atoms with Crippen molar-refractivity contribution in [3.63, 3.8) is 0 Å². The number of carbonyl (C=O) groups is 1. The SMILES string of the molecule is Cc1cc(-c2cc(C(=O)Nc3cc4c(cc3Cl)OCCCO4)c3c(C)noc3n2)c(C)o1. The maximum Gasteiger partial charge on any atom is 0.259 e. The third kappa shape index (κ3) is 3.56. The van der Waals surface area contributed by atoms with E-state index < -0.39 is 0 Å². The fraction of sp³-hybridized carbons (Fsp3) is 0.261. The van der Waals surface area contributed by atoms with E-state index in [2.05, 4.69) is 15.5 Å². The molecule has 0 atom stereocenters. The van der Waals surface area contributed by atoms with Crippen molar-refractivity contribution >= 4 is 34.3 Å². The van der Waals surface area contributed by atoms with Gasteiger partial charge in [-0.2, -0.15) is 0 Å². The Hall–Kier alpha value is -3.52. The number of carbonyl (C=O) groups excluding carboxylic acids is 1. The van der Waals surface area contributed by atoms with E-state index >= 15 is 0 Å². The van der Waals surface area contributed by atoms with Crippen LogP contribution in [0.3, 0.4) is 0 Å². The summed E-state index contributed by atoms with van der Waals surface area (Å²) in [6.07, 6.45) is 0.769. The van der Waals surface area contributed by atoms with Crippen molar-refractivity contribution in [1.82, 2.24) is 10.1 Å². The Morgan fingerprint density at radius 2 is 1.81 bits per heavy atom. The molecule has 32 heavy (non-hydrogen) atoms. The van der Waals surface area contributed by atoms with Gasteiger partial charge in [-0.05, 0) is 32.9 Å². The second-order valence-electron chi connectivity index (χ2n) is 7.61. The summed E-state index contributed by atoms with van der Waals surface area (Å²) in [4.78, 5) is 17.9. The molecule has 0 saturated carbocycles. The molecule has 0 unspecified atom stereocenters. The van der Waals surface area contributed by atoms with Gasteiger partial charge in [-0.25, -0.2) is 4.98 Å². The minimum atomic E-state index is -0.376. The molecule has 0 aliphatic carbocycles. The van der Waals surface area contributed by atoms with Gasteiger partial charge in [0.25, 0.3) is 11.6 Å². The second-order valence-corrected chi connectivity index (χ2v) is 8.02. The molecule has 4 aromatic rings. The van der Waals surface area contributed by atoms with Gasteiger partial charge in [-0.15, -0.1) is 0 Å². The third-order valence-corrected chi connectivity index (χ3v) is 5.58. The van der Waals surface area contributed by atoms with Gasteiger partial charge in [0.15, 0.2) is 11.5 Å². The predicted octanol–water partition coefficient (Wildman–Crippen LogP) is 5.48. The van der Waals surface area contributed by atoms with E-state index in [9.17, 15) is 4.79 Å². The number of hydrogen-bond donors (Lipinski definition) is 1. The summed E-state index contributed by atoms with van der Waals surface area (Å²) in [5.74, 6) is 2.16. The smallest absolute Gasteiger partial charge is 0.259 e. The highest BCUT2D eigenvalue weighted by Gasteiger charge is 2.22. The Kier molecular flexibility index (Phi) is 5.01. The molecule has 5 rings (SSSR count). The fourth-order valence-electron chi connectivity index (χ4n) is 3.77. The summed E-state index contributed by atoms with van der Waals surface area (Å²) in [6, 6.07) is 6.89. The minimum Gasteiger partial charge on any atom is -0.490 e. The molecular formula is C23H20ClN3O5. The number of aryl methyl sites for hydroxylation is 3. The van der Waals surface area contributed by atoms with Crippen LogP contribution in [0.2, 0.25) is 5.02 Å². The van der Waals surface area contributed by atoms with E-state index in [-0.39, 0.29) is 11.6 Å². The summed E-state index contributed by atoms with van der Waals surface area (Å²) in [6.45, 7) is 6.54. The average molecular weight is 454 g/mol. The van der Waals surface area contributed by atoms with E-state index in [1.54, 1.807) is 25.1 Å². The summed E-state index contributed by atoms with van der Waals surface area (Å²) < 4.78 is 22.4. The second kappa shape index (κ2) is 7.87. The zero-order chi connectivity index (χ0) is 22.4. The lowest BCUT2D eigenvalue weighted by Crippen LogP contribution is -2.13. The fourth-order valence-corrected chi connectivity index (χ4v) is 3.97. The van der Waals surface area contributed by atoms with Crippen LogP contribution in [0, 0.1) is 20.8 Å². The first-order chi connectivity index (χ1) is 15.4. The molecule has 0 radical (unpaired) electrons. The topological polar surface area (TPSA) is 99.6 Å². The number of halogens is 1. The molecule has 0 bridgehead atoms. The number of nitrogens with zero attached hydrogens (tertiary/aromatic N) is 2. The molecule has 0 fully saturated rings. The summed E-state index contributed by atoms with van der Waals surface area (Å²) in [5.41, 5.74) is 2.95. The minimum absolute atomic E-state index is 0.271. The number of furan rings is 1. The predicted molar refractivity (Wildman–Crippen MR) is 119 cm³/mol.